The lowest BCUT2D eigenvalue weighted by molar-refractivity contribution is 0.0949. The molecule has 0 saturated heterocycles. The van der Waals surface area contributed by atoms with Gasteiger partial charge in [0.2, 0.25) is 0 Å². The molecule has 1 aromatic carbocycles. The minimum atomic E-state index is -0.448. The lowest BCUT2D eigenvalue weighted by Gasteiger charge is -2.08. The first-order valence-corrected chi connectivity index (χ1v) is 6.61. The van der Waals surface area contributed by atoms with E-state index in [1.165, 1.54) is 12.3 Å². The van der Waals surface area contributed by atoms with Gasteiger partial charge in [-0.25, -0.2) is 4.39 Å². The number of hydrogen-bond donors (Lipinski definition) is 2. The highest BCUT2D eigenvalue weighted by Gasteiger charge is 2.11. The maximum Gasteiger partial charge on any atom is 0.257 e. The first kappa shape index (κ1) is 15.0. The zero-order chi connectivity index (χ0) is 15.6. The van der Waals surface area contributed by atoms with Crippen molar-refractivity contribution < 1.29 is 9.18 Å². The summed E-state index contributed by atoms with van der Waals surface area (Å²) in [6.07, 6.45) is 1.40. The monoisotopic (exact) mass is 288 g/mol. The molecule has 1 amide bonds. The smallest absolute Gasteiger partial charge is 0.257 e. The van der Waals surface area contributed by atoms with Gasteiger partial charge in [-0.3, -0.25) is 9.59 Å². The Morgan fingerprint density at radius 1 is 1.19 bits per heavy atom. The minimum Gasteiger partial charge on any atom is -0.364 e. The van der Waals surface area contributed by atoms with Gasteiger partial charge in [0.1, 0.15) is 11.4 Å². The molecule has 0 atom stereocenters. The molecule has 110 valence electrons. The molecule has 0 aliphatic rings. The fraction of sp³-hybridized carbons (Fsp3) is 0.250. The lowest BCUT2D eigenvalue weighted by atomic mass is 10.1. The normalized spacial score (nSPS) is 10.5. The van der Waals surface area contributed by atoms with Crippen molar-refractivity contribution in [1.82, 2.24) is 10.3 Å². The highest BCUT2D eigenvalue weighted by Crippen LogP contribution is 2.14. The molecule has 2 rings (SSSR count). The van der Waals surface area contributed by atoms with Gasteiger partial charge >= 0.3 is 0 Å². The third kappa shape index (κ3) is 3.37. The number of carbonyl (C=O) groups is 1. The number of aromatic amines is 1. The number of rotatable bonds is 3. The summed E-state index contributed by atoms with van der Waals surface area (Å²) in [7, 11) is 0. The molecule has 1 aromatic heterocycles. The van der Waals surface area contributed by atoms with E-state index < -0.39 is 5.91 Å². The van der Waals surface area contributed by atoms with Crippen molar-refractivity contribution in [3.8, 4) is 0 Å². The second kappa shape index (κ2) is 5.91. The summed E-state index contributed by atoms with van der Waals surface area (Å²) >= 11 is 0. The predicted octanol–water partition coefficient (Wildman–Crippen LogP) is 2.37. The number of amides is 1. The summed E-state index contributed by atoms with van der Waals surface area (Å²) in [5, 5.41) is 2.67. The second-order valence-electron chi connectivity index (χ2n) is 5.12. The van der Waals surface area contributed by atoms with E-state index >= 15 is 0 Å². The molecular weight excluding hydrogens is 271 g/mol. The number of pyridine rings is 1. The third-order valence-electron chi connectivity index (χ3n) is 3.25. The number of hydrogen-bond acceptors (Lipinski definition) is 2. The molecule has 0 aliphatic heterocycles. The van der Waals surface area contributed by atoms with Crippen molar-refractivity contribution in [2.24, 2.45) is 0 Å². The van der Waals surface area contributed by atoms with Gasteiger partial charge in [-0.2, -0.15) is 0 Å². The van der Waals surface area contributed by atoms with Crippen LogP contribution in [0.5, 0.6) is 0 Å². The van der Waals surface area contributed by atoms with Gasteiger partial charge in [-0.15, -0.1) is 0 Å². The SMILES string of the molecule is Cc1cc(=O)c(C(=O)NCc2cc(C)c(F)c(C)c2)c[nH]1. The number of benzene rings is 1. The van der Waals surface area contributed by atoms with Gasteiger partial charge in [0, 0.05) is 24.5 Å². The predicted molar refractivity (Wildman–Crippen MR) is 78.8 cm³/mol. The maximum atomic E-state index is 13.5. The van der Waals surface area contributed by atoms with E-state index in [-0.39, 0.29) is 23.4 Å². The van der Waals surface area contributed by atoms with Crippen LogP contribution in [-0.2, 0) is 6.54 Å². The molecule has 0 fully saturated rings. The van der Waals surface area contributed by atoms with Crippen LogP contribution in [0, 0.1) is 26.6 Å². The fourth-order valence-electron chi connectivity index (χ4n) is 2.17. The van der Waals surface area contributed by atoms with Crippen LogP contribution >= 0.6 is 0 Å². The largest absolute Gasteiger partial charge is 0.364 e. The third-order valence-corrected chi connectivity index (χ3v) is 3.25. The number of aryl methyl sites for hydroxylation is 3. The number of nitrogens with one attached hydrogen (secondary N) is 2. The highest BCUT2D eigenvalue weighted by atomic mass is 19.1. The summed E-state index contributed by atoms with van der Waals surface area (Å²) in [5.74, 6) is -0.684. The summed E-state index contributed by atoms with van der Waals surface area (Å²) in [6.45, 7) is 5.35. The summed E-state index contributed by atoms with van der Waals surface area (Å²) < 4.78 is 13.5. The zero-order valence-electron chi connectivity index (χ0n) is 12.2. The van der Waals surface area contributed by atoms with Crippen LogP contribution in [0.25, 0.3) is 0 Å². The number of H-pyrrole nitrogens is 1. The Balaban J connectivity index is 2.13. The Morgan fingerprint density at radius 2 is 1.81 bits per heavy atom. The quantitative estimate of drug-likeness (QED) is 0.911. The maximum absolute atomic E-state index is 13.5. The molecule has 0 unspecified atom stereocenters. The molecule has 2 aromatic rings. The van der Waals surface area contributed by atoms with E-state index in [2.05, 4.69) is 10.3 Å². The Labute approximate surface area is 122 Å². The van der Waals surface area contributed by atoms with Crippen molar-refractivity contribution in [2.75, 3.05) is 0 Å². The highest BCUT2D eigenvalue weighted by molar-refractivity contribution is 5.93. The van der Waals surface area contributed by atoms with E-state index in [9.17, 15) is 14.0 Å². The average molecular weight is 288 g/mol. The van der Waals surface area contributed by atoms with Gasteiger partial charge in [-0.05, 0) is 37.5 Å². The first-order valence-electron chi connectivity index (χ1n) is 6.61. The molecule has 0 saturated carbocycles. The van der Waals surface area contributed by atoms with Crippen LogP contribution in [-0.4, -0.2) is 10.9 Å². The van der Waals surface area contributed by atoms with Crippen molar-refractivity contribution in [2.45, 2.75) is 27.3 Å². The van der Waals surface area contributed by atoms with E-state index in [1.54, 1.807) is 32.9 Å². The van der Waals surface area contributed by atoms with Crippen LogP contribution in [0.15, 0.2) is 29.2 Å². The van der Waals surface area contributed by atoms with Crippen molar-refractivity contribution in [3.63, 3.8) is 0 Å². The molecule has 0 bridgehead atoms. The molecule has 4 nitrogen and oxygen atoms in total. The molecule has 0 radical (unpaired) electrons. The van der Waals surface area contributed by atoms with Gasteiger partial charge < -0.3 is 10.3 Å². The van der Waals surface area contributed by atoms with Gasteiger partial charge in [0.05, 0.1) is 0 Å². The van der Waals surface area contributed by atoms with E-state index in [1.807, 2.05) is 0 Å². The first-order chi connectivity index (χ1) is 9.88. The topological polar surface area (TPSA) is 62.0 Å². The summed E-state index contributed by atoms with van der Waals surface area (Å²) in [6, 6.07) is 4.74. The number of halogens is 1. The number of aromatic nitrogens is 1. The van der Waals surface area contributed by atoms with Crippen LogP contribution in [0.2, 0.25) is 0 Å². The van der Waals surface area contributed by atoms with Gasteiger partial charge in [-0.1, -0.05) is 12.1 Å². The molecule has 0 aliphatic carbocycles. The molecular formula is C16H17FN2O2. The summed E-state index contributed by atoms with van der Waals surface area (Å²) in [4.78, 5) is 26.5. The van der Waals surface area contributed by atoms with Crippen molar-refractivity contribution in [1.29, 1.82) is 0 Å². The number of carbonyl (C=O) groups excluding carboxylic acids is 1. The molecule has 5 heteroatoms. The average Bonchev–Trinajstić information content (AvgIpc) is 2.42. The lowest BCUT2D eigenvalue weighted by Crippen LogP contribution is -2.28. The molecule has 2 N–H and O–H groups in total. The van der Waals surface area contributed by atoms with Crippen molar-refractivity contribution in [3.05, 3.63) is 68.4 Å². The van der Waals surface area contributed by atoms with E-state index in [0.717, 1.165) is 5.56 Å². The Hall–Kier alpha value is -2.43. The Morgan fingerprint density at radius 3 is 2.38 bits per heavy atom. The van der Waals surface area contributed by atoms with Gasteiger partial charge in [0.25, 0.3) is 5.91 Å². The fourth-order valence-corrected chi connectivity index (χ4v) is 2.17. The van der Waals surface area contributed by atoms with E-state index in [0.29, 0.717) is 16.8 Å². The Bertz CT molecular complexity index is 727. The minimum absolute atomic E-state index is 0.0659. The van der Waals surface area contributed by atoms with Crippen LogP contribution in [0.3, 0.4) is 0 Å². The van der Waals surface area contributed by atoms with E-state index in [4.69, 9.17) is 0 Å². The molecule has 1 heterocycles. The van der Waals surface area contributed by atoms with Gasteiger partial charge in [0.15, 0.2) is 5.43 Å². The van der Waals surface area contributed by atoms with Crippen LogP contribution < -0.4 is 10.7 Å². The molecule has 0 spiro atoms. The standard InChI is InChI=1S/C16H17FN2O2/c1-9-4-12(5-10(2)15(9)17)7-19-16(21)13-8-18-11(3)6-14(13)20/h4-6,8H,7H2,1-3H3,(H,18,20)(H,19,21). The zero-order valence-corrected chi connectivity index (χ0v) is 12.2. The van der Waals surface area contributed by atoms with Crippen LogP contribution in [0.4, 0.5) is 4.39 Å². The Kier molecular flexibility index (Phi) is 4.21. The second-order valence-corrected chi connectivity index (χ2v) is 5.12. The van der Waals surface area contributed by atoms with Crippen LogP contribution in [0.1, 0.15) is 32.7 Å². The molecule has 21 heavy (non-hydrogen) atoms. The van der Waals surface area contributed by atoms with Crippen molar-refractivity contribution >= 4 is 5.91 Å². The summed E-state index contributed by atoms with van der Waals surface area (Å²) in [5.41, 5.74) is 2.30.